The average Bonchev–Trinajstić information content (AvgIpc) is 3.21. The first-order valence-corrected chi connectivity index (χ1v) is 6.10. The molecule has 1 amide bonds. The molecule has 1 aromatic heterocycles. The van der Waals surface area contributed by atoms with Gasteiger partial charge in [0.25, 0.3) is 5.91 Å². The molecule has 1 aliphatic carbocycles. The van der Waals surface area contributed by atoms with Gasteiger partial charge in [0.05, 0.1) is 7.11 Å². The summed E-state index contributed by atoms with van der Waals surface area (Å²) in [5, 5.41) is 3.47. The van der Waals surface area contributed by atoms with Crippen molar-refractivity contribution in [3.05, 3.63) is 40.2 Å². The van der Waals surface area contributed by atoms with Crippen molar-refractivity contribution >= 4 is 16.9 Å². The van der Waals surface area contributed by atoms with Crippen molar-refractivity contribution in [1.82, 2.24) is 5.32 Å². The third-order valence-electron chi connectivity index (χ3n) is 3.10. The van der Waals surface area contributed by atoms with E-state index in [0.29, 0.717) is 16.7 Å². The van der Waals surface area contributed by atoms with Gasteiger partial charge >= 0.3 is 5.63 Å². The summed E-state index contributed by atoms with van der Waals surface area (Å²) in [5.41, 5.74) is -0.171. The van der Waals surface area contributed by atoms with Crippen LogP contribution in [-0.2, 0) is 0 Å². The van der Waals surface area contributed by atoms with Crippen LogP contribution in [0.4, 0.5) is 0 Å². The fraction of sp³-hybridized carbons (Fsp3) is 0.286. The summed E-state index contributed by atoms with van der Waals surface area (Å²) < 4.78 is 10.2. The van der Waals surface area contributed by atoms with Crippen LogP contribution in [0.2, 0.25) is 0 Å². The Hall–Kier alpha value is -2.30. The topological polar surface area (TPSA) is 68.5 Å². The molecule has 1 saturated carbocycles. The van der Waals surface area contributed by atoms with E-state index < -0.39 is 5.63 Å². The van der Waals surface area contributed by atoms with Gasteiger partial charge in [-0.1, -0.05) is 0 Å². The van der Waals surface area contributed by atoms with Crippen LogP contribution in [-0.4, -0.2) is 19.1 Å². The Morgan fingerprint density at radius 3 is 2.84 bits per heavy atom. The molecule has 1 aromatic carbocycles. The van der Waals surface area contributed by atoms with Crippen LogP contribution in [0, 0.1) is 0 Å². The summed E-state index contributed by atoms with van der Waals surface area (Å²) in [6, 6.07) is 6.89. The van der Waals surface area contributed by atoms with E-state index in [4.69, 9.17) is 9.15 Å². The van der Waals surface area contributed by atoms with Crippen molar-refractivity contribution in [3.8, 4) is 5.75 Å². The molecule has 0 atom stereocenters. The summed E-state index contributed by atoms with van der Waals surface area (Å²) in [6.07, 6.45) is 1.95. The Bertz CT molecular complexity index is 700. The van der Waals surface area contributed by atoms with Gasteiger partial charge in [-0.25, -0.2) is 4.79 Å². The normalized spacial score (nSPS) is 14.4. The molecule has 19 heavy (non-hydrogen) atoms. The maximum atomic E-state index is 11.9. The number of hydrogen-bond donors (Lipinski definition) is 1. The molecule has 0 saturated heterocycles. The number of methoxy groups -OCH3 is 1. The van der Waals surface area contributed by atoms with E-state index >= 15 is 0 Å². The Morgan fingerprint density at radius 1 is 1.37 bits per heavy atom. The summed E-state index contributed by atoms with van der Waals surface area (Å²) >= 11 is 0. The number of hydrogen-bond acceptors (Lipinski definition) is 4. The number of amides is 1. The standard InChI is InChI=1S/C14H13NO4/c1-18-10-5-2-8-6-11(13(16)15-9-3-4-9)14(17)19-12(8)7-10/h2,5-7,9H,3-4H2,1H3,(H,15,16). The van der Waals surface area contributed by atoms with Gasteiger partial charge in [0.2, 0.25) is 0 Å². The Balaban J connectivity index is 2.03. The Kier molecular flexibility index (Phi) is 2.74. The first-order chi connectivity index (χ1) is 9.17. The van der Waals surface area contributed by atoms with E-state index in [0.717, 1.165) is 12.8 Å². The highest BCUT2D eigenvalue weighted by molar-refractivity contribution is 5.97. The zero-order chi connectivity index (χ0) is 13.4. The molecule has 1 heterocycles. The molecule has 98 valence electrons. The maximum Gasteiger partial charge on any atom is 0.349 e. The molecule has 5 heteroatoms. The molecular weight excluding hydrogens is 246 g/mol. The van der Waals surface area contributed by atoms with Crippen LogP contribution in [0.25, 0.3) is 11.0 Å². The smallest absolute Gasteiger partial charge is 0.349 e. The van der Waals surface area contributed by atoms with Gasteiger partial charge in [-0.15, -0.1) is 0 Å². The minimum atomic E-state index is -0.626. The lowest BCUT2D eigenvalue weighted by atomic mass is 10.1. The summed E-state index contributed by atoms with van der Waals surface area (Å²) in [7, 11) is 1.54. The van der Waals surface area contributed by atoms with Crippen LogP contribution < -0.4 is 15.7 Å². The number of carbonyl (C=O) groups excluding carboxylic acids is 1. The van der Waals surface area contributed by atoms with E-state index in [-0.39, 0.29) is 17.5 Å². The number of carbonyl (C=O) groups is 1. The fourth-order valence-corrected chi connectivity index (χ4v) is 1.87. The maximum absolute atomic E-state index is 11.9. The molecule has 0 aliphatic heterocycles. The van der Waals surface area contributed by atoms with Gasteiger partial charge in [0.15, 0.2) is 0 Å². The van der Waals surface area contributed by atoms with E-state index in [1.807, 2.05) is 0 Å². The van der Waals surface area contributed by atoms with Crippen LogP contribution in [0.5, 0.6) is 5.75 Å². The first-order valence-electron chi connectivity index (χ1n) is 6.10. The third-order valence-corrected chi connectivity index (χ3v) is 3.10. The number of fused-ring (bicyclic) bond motifs is 1. The summed E-state index contributed by atoms with van der Waals surface area (Å²) in [4.78, 5) is 23.7. The molecule has 0 radical (unpaired) electrons. The largest absolute Gasteiger partial charge is 0.497 e. The van der Waals surface area contributed by atoms with Crippen molar-refractivity contribution in [1.29, 1.82) is 0 Å². The lowest BCUT2D eigenvalue weighted by molar-refractivity contribution is 0.0947. The predicted molar refractivity (Wildman–Crippen MR) is 69.5 cm³/mol. The minimum Gasteiger partial charge on any atom is -0.497 e. The molecule has 1 aliphatic rings. The zero-order valence-corrected chi connectivity index (χ0v) is 10.4. The lowest BCUT2D eigenvalue weighted by Crippen LogP contribution is -2.29. The van der Waals surface area contributed by atoms with Crippen LogP contribution >= 0.6 is 0 Å². The average molecular weight is 259 g/mol. The van der Waals surface area contributed by atoms with E-state index in [1.54, 1.807) is 24.3 Å². The van der Waals surface area contributed by atoms with Crippen LogP contribution in [0.1, 0.15) is 23.2 Å². The molecule has 2 aromatic rings. The van der Waals surface area contributed by atoms with Gasteiger partial charge in [0, 0.05) is 17.5 Å². The van der Waals surface area contributed by atoms with Gasteiger partial charge in [0.1, 0.15) is 16.9 Å². The third kappa shape index (κ3) is 2.31. The van der Waals surface area contributed by atoms with E-state index in [2.05, 4.69) is 5.32 Å². The zero-order valence-electron chi connectivity index (χ0n) is 10.4. The second kappa shape index (κ2) is 4.42. The first kappa shape index (κ1) is 11.8. The minimum absolute atomic E-state index is 0.0459. The van der Waals surface area contributed by atoms with E-state index in [9.17, 15) is 9.59 Å². The summed E-state index contributed by atoms with van der Waals surface area (Å²) in [6.45, 7) is 0. The molecule has 3 rings (SSSR count). The lowest BCUT2D eigenvalue weighted by Gasteiger charge is -2.04. The van der Waals surface area contributed by atoms with Crippen LogP contribution in [0.15, 0.2) is 33.5 Å². The molecule has 0 unspecified atom stereocenters. The van der Waals surface area contributed by atoms with Crippen molar-refractivity contribution in [3.63, 3.8) is 0 Å². The molecule has 5 nitrogen and oxygen atoms in total. The van der Waals surface area contributed by atoms with E-state index in [1.165, 1.54) is 7.11 Å². The molecule has 0 bridgehead atoms. The van der Waals surface area contributed by atoms with Gasteiger partial charge in [-0.3, -0.25) is 4.79 Å². The van der Waals surface area contributed by atoms with Crippen molar-refractivity contribution in [2.75, 3.05) is 7.11 Å². The predicted octanol–water partition coefficient (Wildman–Crippen LogP) is 1.69. The number of benzene rings is 1. The molecular formula is C14H13NO4. The quantitative estimate of drug-likeness (QED) is 0.852. The highest BCUT2D eigenvalue weighted by Crippen LogP contribution is 2.21. The van der Waals surface area contributed by atoms with Crippen molar-refractivity contribution in [2.24, 2.45) is 0 Å². The SMILES string of the molecule is COc1ccc2cc(C(=O)NC3CC3)c(=O)oc2c1. The second-order valence-corrected chi connectivity index (χ2v) is 4.60. The number of rotatable bonds is 3. The highest BCUT2D eigenvalue weighted by Gasteiger charge is 2.25. The van der Waals surface area contributed by atoms with Crippen LogP contribution in [0.3, 0.4) is 0 Å². The van der Waals surface area contributed by atoms with Crippen molar-refractivity contribution < 1.29 is 13.9 Å². The highest BCUT2D eigenvalue weighted by atomic mass is 16.5. The van der Waals surface area contributed by atoms with Gasteiger partial charge < -0.3 is 14.5 Å². The number of nitrogens with one attached hydrogen (secondary N) is 1. The summed E-state index contributed by atoms with van der Waals surface area (Å²) in [5.74, 6) is 0.236. The second-order valence-electron chi connectivity index (χ2n) is 4.60. The van der Waals surface area contributed by atoms with Gasteiger partial charge in [-0.2, -0.15) is 0 Å². The van der Waals surface area contributed by atoms with Crippen molar-refractivity contribution in [2.45, 2.75) is 18.9 Å². The molecule has 0 spiro atoms. The fourth-order valence-electron chi connectivity index (χ4n) is 1.87. The van der Waals surface area contributed by atoms with Gasteiger partial charge in [-0.05, 0) is 31.0 Å². The molecule has 1 fully saturated rings. The monoisotopic (exact) mass is 259 g/mol. The molecule has 1 N–H and O–H groups in total. The Morgan fingerprint density at radius 2 is 2.16 bits per heavy atom. The number of ether oxygens (including phenoxy) is 1. The Labute approximate surface area is 109 Å².